The van der Waals surface area contributed by atoms with E-state index in [1.807, 2.05) is 6.07 Å². The van der Waals surface area contributed by atoms with Crippen molar-refractivity contribution in [2.24, 2.45) is 11.8 Å². The van der Waals surface area contributed by atoms with Crippen molar-refractivity contribution in [3.8, 4) is 0 Å². The fourth-order valence-corrected chi connectivity index (χ4v) is 2.80. The van der Waals surface area contributed by atoms with Gasteiger partial charge in [0, 0.05) is 11.5 Å². The van der Waals surface area contributed by atoms with Gasteiger partial charge in [-0.05, 0) is 19.1 Å². The van der Waals surface area contributed by atoms with Crippen LogP contribution in [0.3, 0.4) is 0 Å². The zero-order valence-corrected chi connectivity index (χ0v) is 13.1. The monoisotopic (exact) mass is 318 g/mol. The third-order valence-corrected chi connectivity index (χ3v) is 3.96. The van der Waals surface area contributed by atoms with E-state index in [-0.39, 0.29) is 25.6 Å². The van der Waals surface area contributed by atoms with Gasteiger partial charge in [0.25, 0.3) is 0 Å². The molecule has 5 heteroatoms. The Morgan fingerprint density at radius 3 is 2.57 bits per heavy atom. The maximum Gasteiger partial charge on any atom is 0.168 e. The largest absolute Gasteiger partial charge is 0.491 e. The number of rotatable bonds is 7. The van der Waals surface area contributed by atoms with Gasteiger partial charge in [-0.25, -0.2) is 0 Å². The molecule has 1 aliphatic carbocycles. The minimum Gasteiger partial charge on any atom is -0.491 e. The highest BCUT2D eigenvalue weighted by atomic mass is 16.5. The number of Topliss-reactive ketones (excluding diaryl/α,β-unsaturated/α-hetero) is 1. The molecule has 0 heterocycles. The van der Waals surface area contributed by atoms with Crippen LogP contribution in [-0.2, 0) is 4.74 Å². The summed E-state index contributed by atoms with van der Waals surface area (Å²) in [5.41, 5.74) is -0.834. The number of carbonyl (C=O) groups is 1. The molecule has 3 atom stereocenters. The average Bonchev–Trinajstić information content (AvgIpc) is 2.55. The van der Waals surface area contributed by atoms with Crippen LogP contribution in [0.5, 0.6) is 0 Å². The van der Waals surface area contributed by atoms with E-state index in [1.54, 1.807) is 43.3 Å². The number of aliphatic hydroxyl groups is 3. The third-order valence-electron chi connectivity index (χ3n) is 3.96. The van der Waals surface area contributed by atoms with Gasteiger partial charge >= 0.3 is 0 Å². The molecule has 0 saturated carbocycles. The van der Waals surface area contributed by atoms with E-state index in [4.69, 9.17) is 9.84 Å². The SMILES string of the molecule is CC1(O)C=C(OCCO)C=CC1C(CO)C(=O)c1ccccc1. The second kappa shape index (κ2) is 7.55. The maximum absolute atomic E-state index is 12.6. The van der Waals surface area contributed by atoms with Gasteiger partial charge in [0.1, 0.15) is 12.4 Å². The molecule has 5 nitrogen and oxygen atoms in total. The number of hydrogen-bond acceptors (Lipinski definition) is 5. The summed E-state index contributed by atoms with van der Waals surface area (Å²) >= 11 is 0. The lowest BCUT2D eigenvalue weighted by molar-refractivity contribution is 0.0173. The molecule has 0 bridgehead atoms. The first-order valence-electron chi connectivity index (χ1n) is 7.57. The van der Waals surface area contributed by atoms with Gasteiger partial charge in [-0.2, -0.15) is 0 Å². The zero-order chi connectivity index (χ0) is 16.9. The highest BCUT2D eigenvalue weighted by Gasteiger charge is 2.40. The van der Waals surface area contributed by atoms with Crippen LogP contribution < -0.4 is 0 Å². The van der Waals surface area contributed by atoms with Crippen molar-refractivity contribution in [2.45, 2.75) is 12.5 Å². The first-order chi connectivity index (χ1) is 11.0. The summed E-state index contributed by atoms with van der Waals surface area (Å²) in [6.45, 7) is 1.22. The van der Waals surface area contributed by atoms with Gasteiger partial charge < -0.3 is 20.1 Å². The summed E-state index contributed by atoms with van der Waals surface area (Å²) in [6, 6.07) is 8.72. The molecule has 0 radical (unpaired) electrons. The standard InChI is InChI=1S/C18H22O5/c1-18(22)11-14(23-10-9-19)7-8-16(18)15(12-20)17(21)13-5-3-2-4-6-13/h2-8,11,15-16,19-20,22H,9-10,12H2,1H3. The van der Waals surface area contributed by atoms with Crippen molar-refractivity contribution in [1.29, 1.82) is 0 Å². The molecule has 0 fully saturated rings. The number of ether oxygens (including phenoxy) is 1. The van der Waals surface area contributed by atoms with E-state index in [0.717, 1.165) is 0 Å². The van der Waals surface area contributed by atoms with Crippen molar-refractivity contribution in [3.05, 3.63) is 59.9 Å². The van der Waals surface area contributed by atoms with Crippen LogP contribution in [0.15, 0.2) is 54.3 Å². The molecule has 1 aliphatic rings. The first kappa shape index (κ1) is 17.4. The topological polar surface area (TPSA) is 87.0 Å². The Morgan fingerprint density at radius 1 is 1.30 bits per heavy atom. The van der Waals surface area contributed by atoms with E-state index in [9.17, 15) is 15.0 Å². The molecule has 0 amide bonds. The van der Waals surface area contributed by atoms with Crippen LogP contribution >= 0.6 is 0 Å². The molecule has 3 N–H and O–H groups in total. The van der Waals surface area contributed by atoms with E-state index in [2.05, 4.69) is 0 Å². The predicted molar refractivity (Wildman–Crippen MR) is 85.7 cm³/mol. The Kier molecular flexibility index (Phi) is 5.71. The molecule has 1 aromatic rings. The van der Waals surface area contributed by atoms with Gasteiger partial charge in [-0.3, -0.25) is 4.79 Å². The second-order valence-electron chi connectivity index (χ2n) is 5.75. The third kappa shape index (κ3) is 4.07. The number of hydrogen-bond donors (Lipinski definition) is 3. The number of allylic oxidation sites excluding steroid dienone is 1. The Balaban J connectivity index is 2.21. The van der Waals surface area contributed by atoms with Crippen LogP contribution in [-0.4, -0.2) is 46.5 Å². The Morgan fingerprint density at radius 2 is 2.00 bits per heavy atom. The summed E-state index contributed by atoms with van der Waals surface area (Å²) in [6.07, 6.45) is 4.84. The first-order valence-corrected chi connectivity index (χ1v) is 7.57. The number of aliphatic hydroxyl groups excluding tert-OH is 2. The highest BCUT2D eigenvalue weighted by molar-refractivity contribution is 5.98. The zero-order valence-electron chi connectivity index (χ0n) is 13.1. The molecule has 0 aliphatic heterocycles. The molecular weight excluding hydrogens is 296 g/mol. The van der Waals surface area contributed by atoms with Crippen LogP contribution in [0, 0.1) is 11.8 Å². The fourth-order valence-electron chi connectivity index (χ4n) is 2.80. The number of carbonyl (C=O) groups excluding carboxylic acids is 1. The predicted octanol–water partition coefficient (Wildman–Crippen LogP) is 1.31. The van der Waals surface area contributed by atoms with Crippen molar-refractivity contribution in [3.63, 3.8) is 0 Å². The molecule has 3 unspecified atom stereocenters. The van der Waals surface area contributed by atoms with E-state index < -0.39 is 17.4 Å². The minimum absolute atomic E-state index is 0.123. The van der Waals surface area contributed by atoms with Crippen LogP contribution in [0.1, 0.15) is 17.3 Å². The molecule has 1 aromatic carbocycles. The molecule has 0 saturated heterocycles. The summed E-state index contributed by atoms with van der Waals surface area (Å²) < 4.78 is 5.29. The van der Waals surface area contributed by atoms with Crippen LogP contribution in [0.25, 0.3) is 0 Å². The lowest BCUT2D eigenvalue weighted by atomic mass is 9.74. The van der Waals surface area contributed by atoms with Crippen LogP contribution in [0.4, 0.5) is 0 Å². The quantitative estimate of drug-likeness (QED) is 0.660. The van der Waals surface area contributed by atoms with Gasteiger partial charge in [0.15, 0.2) is 5.78 Å². The van der Waals surface area contributed by atoms with Crippen LogP contribution in [0.2, 0.25) is 0 Å². The second-order valence-corrected chi connectivity index (χ2v) is 5.75. The Bertz CT molecular complexity index is 589. The Labute approximate surface area is 135 Å². The van der Waals surface area contributed by atoms with Crippen molar-refractivity contribution < 1.29 is 24.9 Å². The maximum atomic E-state index is 12.6. The Hall–Kier alpha value is -1.95. The molecular formula is C18H22O5. The highest BCUT2D eigenvalue weighted by Crippen LogP contribution is 2.34. The van der Waals surface area contributed by atoms with Gasteiger partial charge in [0.05, 0.1) is 24.7 Å². The van der Waals surface area contributed by atoms with Gasteiger partial charge in [0.2, 0.25) is 0 Å². The summed E-state index contributed by atoms with van der Waals surface area (Å²) in [7, 11) is 0. The fraction of sp³-hybridized carbons (Fsp3) is 0.389. The summed E-state index contributed by atoms with van der Waals surface area (Å²) in [4.78, 5) is 12.6. The molecule has 2 rings (SSSR count). The van der Waals surface area contributed by atoms with Gasteiger partial charge in [-0.15, -0.1) is 0 Å². The lowest BCUT2D eigenvalue weighted by Gasteiger charge is -2.35. The van der Waals surface area contributed by atoms with Crippen molar-refractivity contribution >= 4 is 5.78 Å². The smallest absolute Gasteiger partial charge is 0.168 e. The number of benzene rings is 1. The summed E-state index contributed by atoms with van der Waals surface area (Å²) in [5, 5.41) is 29.2. The average molecular weight is 318 g/mol. The van der Waals surface area contributed by atoms with E-state index in [0.29, 0.717) is 11.3 Å². The van der Waals surface area contributed by atoms with Crippen molar-refractivity contribution in [2.75, 3.05) is 19.8 Å². The number of ketones is 1. The normalized spacial score (nSPS) is 24.9. The van der Waals surface area contributed by atoms with E-state index in [1.165, 1.54) is 6.08 Å². The van der Waals surface area contributed by atoms with E-state index >= 15 is 0 Å². The minimum atomic E-state index is -1.34. The molecule has 23 heavy (non-hydrogen) atoms. The molecule has 0 spiro atoms. The molecule has 0 aromatic heterocycles. The lowest BCUT2D eigenvalue weighted by Crippen LogP contribution is -2.42. The summed E-state index contributed by atoms with van der Waals surface area (Å²) in [5.74, 6) is -1.10. The molecule has 124 valence electrons. The van der Waals surface area contributed by atoms with Gasteiger partial charge in [-0.1, -0.05) is 36.4 Å². The van der Waals surface area contributed by atoms with Crippen molar-refractivity contribution in [1.82, 2.24) is 0 Å².